The van der Waals surface area contributed by atoms with E-state index in [1.807, 2.05) is 30.3 Å². The fraction of sp³-hybridized carbons (Fsp3) is 0.379. The highest BCUT2D eigenvalue weighted by molar-refractivity contribution is 7.89. The standard InChI is InChI=1S/C29H38N2O7S/c1-21(2)31-39(35,36)27-5-3-4-23(16-27)20-37-14-15-38-26-9-6-22(7-10-26)12-13-30-18-29(34)24-8-11-28(33)25(17-24)19-32/h3-11,16-17,21,29-34H,12-15,18-20H2,1-2H3/t29-/m1/s1. The van der Waals surface area contributed by atoms with Crippen LogP contribution < -0.4 is 14.8 Å². The van der Waals surface area contributed by atoms with Crippen LogP contribution in [0.15, 0.2) is 71.6 Å². The van der Waals surface area contributed by atoms with Gasteiger partial charge in [-0.05, 0) is 79.9 Å². The second-order valence-corrected chi connectivity index (χ2v) is 11.2. The molecule has 1 atom stereocenters. The first-order valence-corrected chi connectivity index (χ1v) is 14.4. The number of benzene rings is 3. The maximum Gasteiger partial charge on any atom is 0.240 e. The van der Waals surface area contributed by atoms with Crippen molar-refractivity contribution in [1.82, 2.24) is 10.0 Å². The highest BCUT2D eigenvalue weighted by Crippen LogP contribution is 2.22. The van der Waals surface area contributed by atoms with Crippen LogP contribution in [0.2, 0.25) is 0 Å². The molecule has 212 valence electrons. The molecule has 0 aliphatic rings. The fourth-order valence-corrected chi connectivity index (χ4v) is 5.19. The van der Waals surface area contributed by atoms with E-state index in [-0.39, 0.29) is 29.9 Å². The van der Waals surface area contributed by atoms with Crippen LogP contribution in [-0.2, 0) is 34.4 Å². The third-order valence-corrected chi connectivity index (χ3v) is 7.53. The number of hydrogen-bond acceptors (Lipinski definition) is 8. The van der Waals surface area contributed by atoms with Gasteiger partial charge in [-0.25, -0.2) is 13.1 Å². The van der Waals surface area contributed by atoms with E-state index in [0.29, 0.717) is 37.4 Å². The number of aliphatic hydroxyl groups excluding tert-OH is 2. The van der Waals surface area contributed by atoms with E-state index in [0.717, 1.165) is 23.3 Å². The minimum absolute atomic E-state index is 0.0111. The summed E-state index contributed by atoms with van der Waals surface area (Å²) in [5, 5.41) is 32.5. The number of phenols is 1. The van der Waals surface area contributed by atoms with Gasteiger partial charge < -0.3 is 30.1 Å². The molecule has 0 spiro atoms. The van der Waals surface area contributed by atoms with Crippen LogP contribution in [0, 0.1) is 0 Å². The number of aliphatic hydroxyl groups is 2. The molecule has 0 bridgehead atoms. The van der Waals surface area contributed by atoms with Crippen molar-refractivity contribution in [2.75, 3.05) is 26.3 Å². The SMILES string of the molecule is CC(C)NS(=O)(=O)c1cccc(COCCOc2ccc(CCNC[C@@H](O)c3ccc(O)c(CO)c3)cc2)c1. The van der Waals surface area contributed by atoms with Gasteiger partial charge in [-0.3, -0.25) is 0 Å². The van der Waals surface area contributed by atoms with Crippen LogP contribution in [0.4, 0.5) is 0 Å². The molecule has 9 nitrogen and oxygen atoms in total. The Balaban J connectivity index is 1.33. The first kappa shape index (κ1) is 30.6. The zero-order chi connectivity index (χ0) is 28.3. The summed E-state index contributed by atoms with van der Waals surface area (Å²) in [6, 6.07) is 19.0. The molecule has 0 amide bonds. The van der Waals surface area contributed by atoms with E-state index in [1.165, 1.54) is 6.07 Å². The molecule has 10 heteroatoms. The summed E-state index contributed by atoms with van der Waals surface area (Å²) >= 11 is 0. The summed E-state index contributed by atoms with van der Waals surface area (Å²) in [4.78, 5) is 0.217. The smallest absolute Gasteiger partial charge is 0.240 e. The summed E-state index contributed by atoms with van der Waals surface area (Å²) in [7, 11) is -3.54. The Bertz CT molecular complexity index is 1280. The van der Waals surface area contributed by atoms with Gasteiger partial charge in [0, 0.05) is 18.2 Å². The third kappa shape index (κ3) is 9.92. The van der Waals surface area contributed by atoms with Crippen molar-refractivity contribution in [2.45, 2.75) is 50.5 Å². The predicted octanol–water partition coefficient (Wildman–Crippen LogP) is 3.03. The van der Waals surface area contributed by atoms with Crippen LogP contribution in [0.5, 0.6) is 11.5 Å². The number of hydrogen-bond donors (Lipinski definition) is 5. The normalized spacial score (nSPS) is 12.5. The Morgan fingerprint density at radius 1 is 0.949 bits per heavy atom. The maximum absolute atomic E-state index is 12.3. The Hall–Kier alpha value is -2.99. The third-order valence-electron chi connectivity index (χ3n) is 5.87. The summed E-state index contributed by atoms with van der Waals surface area (Å²) in [6.07, 6.45) is 0.0301. The van der Waals surface area contributed by atoms with E-state index >= 15 is 0 Å². The van der Waals surface area contributed by atoms with Crippen molar-refractivity contribution in [3.05, 3.63) is 89.0 Å². The zero-order valence-electron chi connectivity index (χ0n) is 22.3. The topological polar surface area (TPSA) is 137 Å². The molecule has 0 heterocycles. The van der Waals surface area contributed by atoms with Crippen molar-refractivity contribution in [2.24, 2.45) is 0 Å². The average Bonchev–Trinajstić information content (AvgIpc) is 2.91. The summed E-state index contributed by atoms with van der Waals surface area (Å²) in [5.41, 5.74) is 2.91. The van der Waals surface area contributed by atoms with E-state index in [9.17, 15) is 23.7 Å². The first-order chi connectivity index (χ1) is 18.7. The van der Waals surface area contributed by atoms with Crippen molar-refractivity contribution in [1.29, 1.82) is 0 Å². The quantitative estimate of drug-likeness (QED) is 0.169. The highest BCUT2D eigenvalue weighted by Gasteiger charge is 2.15. The summed E-state index contributed by atoms with van der Waals surface area (Å²) < 4.78 is 38.6. The number of rotatable bonds is 16. The summed E-state index contributed by atoms with van der Waals surface area (Å²) in [6.45, 7) is 5.30. The molecule has 0 fully saturated rings. The van der Waals surface area contributed by atoms with Crippen molar-refractivity contribution >= 4 is 10.0 Å². The molecule has 0 radical (unpaired) electrons. The number of sulfonamides is 1. The predicted molar refractivity (Wildman–Crippen MR) is 149 cm³/mol. The molecule has 0 aliphatic carbocycles. The van der Waals surface area contributed by atoms with Crippen LogP contribution >= 0.6 is 0 Å². The molecular formula is C29H38N2O7S. The van der Waals surface area contributed by atoms with E-state index in [1.54, 1.807) is 44.2 Å². The van der Waals surface area contributed by atoms with Gasteiger partial charge in [0.25, 0.3) is 0 Å². The van der Waals surface area contributed by atoms with Gasteiger partial charge in [0.1, 0.15) is 18.1 Å². The summed E-state index contributed by atoms with van der Waals surface area (Å²) in [5.74, 6) is 0.739. The first-order valence-electron chi connectivity index (χ1n) is 12.9. The van der Waals surface area contributed by atoms with Crippen LogP contribution in [-0.4, -0.2) is 56.1 Å². The van der Waals surface area contributed by atoms with Crippen molar-refractivity contribution < 1.29 is 33.2 Å². The molecule has 0 unspecified atom stereocenters. The fourth-order valence-electron chi connectivity index (χ4n) is 3.87. The van der Waals surface area contributed by atoms with E-state index < -0.39 is 16.1 Å². The van der Waals surface area contributed by atoms with Gasteiger partial charge in [0.15, 0.2) is 0 Å². The molecule has 0 saturated carbocycles. The lowest BCUT2D eigenvalue weighted by Crippen LogP contribution is -2.30. The molecule has 3 aromatic rings. The maximum atomic E-state index is 12.3. The molecule has 0 saturated heterocycles. The Morgan fingerprint density at radius 2 is 1.72 bits per heavy atom. The second kappa shape index (κ2) is 15.0. The van der Waals surface area contributed by atoms with Crippen LogP contribution in [0.25, 0.3) is 0 Å². The van der Waals surface area contributed by atoms with E-state index in [4.69, 9.17) is 9.47 Å². The van der Waals surface area contributed by atoms with Crippen LogP contribution in [0.1, 0.15) is 42.2 Å². The number of aromatic hydroxyl groups is 1. The molecule has 3 rings (SSSR count). The van der Waals surface area contributed by atoms with E-state index in [2.05, 4.69) is 10.0 Å². The zero-order valence-corrected chi connectivity index (χ0v) is 23.2. The highest BCUT2D eigenvalue weighted by atomic mass is 32.2. The van der Waals surface area contributed by atoms with Gasteiger partial charge in [-0.1, -0.05) is 30.3 Å². The monoisotopic (exact) mass is 558 g/mol. The Labute approximate surface area is 230 Å². The minimum Gasteiger partial charge on any atom is -0.508 e. The molecule has 0 aliphatic heterocycles. The minimum atomic E-state index is -3.54. The molecule has 5 N–H and O–H groups in total. The van der Waals surface area contributed by atoms with Gasteiger partial charge in [0.05, 0.1) is 30.8 Å². The lowest BCUT2D eigenvalue weighted by atomic mass is 10.1. The lowest BCUT2D eigenvalue weighted by Gasteiger charge is -2.14. The van der Waals surface area contributed by atoms with Gasteiger partial charge in [-0.2, -0.15) is 0 Å². The molecule has 39 heavy (non-hydrogen) atoms. The number of nitrogens with one attached hydrogen (secondary N) is 2. The molecule has 0 aromatic heterocycles. The Morgan fingerprint density at radius 3 is 2.44 bits per heavy atom. The molecular weight excluding hydrogens is 520 g/mol. The van der Waals surface area contributed by atoms with Gasteiger partial charge in [-0.15, -0.1) is 0 Å². The van der Waals surface area contributed by atoms with Crippen LogP contribution in [0.3, 0.4) is 0 Å². The lowest BCUT2D eigenvalue weighted by molar-refractivity contribution is 0.0888. The Kier molecular flexibility index (Phi) is 11.7. The second-order valence-electron chi connectivity index (χ2n) is 9.48. The molecule has 3 aromatic carbocycles. The van der Waals surface area contributed by atoms with Crippen molar-refractivity contribution in [3.8, 4) is 11.5 Å². The average molecular weight is 559 g/mol. The number of ether oxygens (including phenoxy) is 2. The van der Waals surface area contributed by atoms with Gasteiger partial charge in [0.2, 0.25) is 10.0 Å². The van der Waals surface area contributed by atoms with Gasteiger partial charge >= 0.3 is 0 Å². The van der Waals surface area contributed by atoms with Crippen molar-refractivity contribution in [3.63, 3.8) is 0 Å². The largest absolute Gasteiger partial charge is 0.508 e.